The highest BCUT2D eigenvalue weighted by Gasteiger charge is 2.01. The summed E-state index contributed by atoms with van der Waals surface area (Å²) in [6.45, 7) is 9.47. The molecule has 1 aromatic carbocycles. The minimum Gasteiger partial charge on any atom is -0.494 e. The molecule has 0 saturated heterocycles. The van der Waals surface area contributed by atoms with Crippen LogP contribution in [0.25, 0.3) is 0 Å². The van der Waals surface area contributed by atoms with Crippen LogP contribution in [-0.2, 0) is 11.3 Å². The third kappa shape index (κ3) is 5.84. The Morgan fingerprint density at radius 1 is 1.28 bits per heavy atom. The molecule has 0 aromatic heterocycles. The summed E-state index contributed by atoms with van der Waals surface area (Å²) in [4.78, 5) is 0. The average Bonchev–Trinajstić information content (AvgIpc) is 2.40. The number of para-hydroxylation sites is 1. The second kappa shape index (κ2) is 9.68. The molecule has 0 saturated carbocycles. The molecule has 0 atom stereocenters. The van der Waals surface area contributed by atoms with Crippen LogP contribution in [0.15, 0.2) is 36.9 Å². The summed E-state index contributed by atoms with van der Waals surface area (Å²) in [5.74, 6) is 0.958. The summed E-state index contributed by atoms with van der Waals surface area (Å²) in [6, 6.07) is 8.10. The largest absolute Gasteiger partial charge is 0.494 e. The normalized spacial score (nSPS) is 10.3. The summed E-state index contributed by atoms with van der Waals surface area (Å²) in [5, 5.41) is 3.35. The van der Waals surface area contributed by atoms with Gasteiger partial charge in [-0.1, -0.05) is 24.3 Å². The lowest BCUT2D eigenvalue weighted by Crippen LogP contribution is -2.19. The Labute approximate surface area is 110 Å². The maximum Gasteiger partial charge on any atom is 0.123 e. The summed E-state index contributed by atoms with van der Waals surface area (Å²) >= 11 is 0. The molecule has 0 amide bonds. The van der Waals surface area contributed by atoms with Crippen molar-refractivity contribution < 1.29 is 9.47 Å². The first-order chi connectivity index (χ1) is 8.88. The first kappa shape index (κ1) is 14.7. The molecule has 1 aromatic rings. The van der Waals surface area contributed by atoms with Crippen molar-refractivity contribution in [3.8, 4) is 5.75 Å². The van der Waals surface area contributed by atoms with E-state index < -0.39 is 0 Å². The topological polar surface area (TPSA) is 30.5 Å². The number of nitrogens with one attached hydrogen (secondary N) is 1. The van der Waals surface area contributed by atoms with Gasteiger partial charge in [0, 0.05) is 18.7 Å². The highest BCUT2D eigenvalue weighted by Crippen LogP contribution is 2.17. The molecule has 0 aliphatic carbocycles. The van der Waals surface area contributed by atoms with E-state index in [0.717, 1.165) is 38.5 Å². The second-order valence-electron chi connectivity index (χ2n) is 3.91. The molecule has 0 heterocycles. The SMILES string of the molecule is C=CCCOCCNCc1ccccc1OCC. The van der Waals surface area contributed by atoms with E-state index in [4.69, 9.17) is 9.47 Å². The van der Waals surface area contributed by atoms with Gasteiger partial charge in [0.05, 0.1) is 19.8 Å². The second-order valence-corrected chi connectivity index (χ2v) is 3.91. The number of ether oxygens (including phenoxy) is 2. The van der Waals surface area contributed by atoms with E-state index in [2.05, 4.69) is 18.0 Å². The monoisotopic (exact) mass is 249 g/mol. The molecule has 0 unspecified atom stereocenters. The van der Waals surface area contributed by atoms with Gasteiger partial charge in [0.15, 0.2) is 0 Å². The van der Waals surface area contributed by atoms with Crippen molar-refractivity contribution in [2.24, 2.45) is 0 Å². The van der Waals surface area contributed by atoms with Gasteiger partial charge in [-0.15, -0.1) is 6.58 Å². The molecule has 1 N–H and O–H groups in total. The van der Waals surface area contributed by atoms with Gasteiger partial charge in [0.25, 0.3) is 0 Å². The van der Waals surface area contributed by atoms with E-state index >= 15 is 0 Å². The Hall–Kier alpha value is -1.32. The fraction of sp³-hybridized carbons (Fsp3) is 0.467. The van der Waals surface area contributed by atoms with Crippen LogP contribution in [0.2, 0.25) is 0 Å². The summed E-state index contributed by atoms with van der Waals surface area (Å²) < 4.78 is 11.0. The predicted molar refractivity (Wildman–Crippen MR) is 75.0 cm³/mol. The van der Waals surface area contributed by atoms with Gasteiger partial charge < -0.3 is 14.8 Å². The Balaban J connectivity index is 2.20. The molecule has 100 valence electrons. The van der Waals surface area contributed by atoms with Gasteiger partial charge in [-0.3, -0.25) is 0 Å². The maximum atomic E-state index is 5.56. The molecule has 0 spiro atoms. The van der Waals surface area contributed by atoms with Crippen LogP contribution in [-0.4, -0.2) is 26.4 Å². The van der Waals surface area contributed by atoms with Crippen molar-refractivity contribution in [3.63, 3.8) is 0 Å². The first-order valence-electron chi connectivity index (χ1n) is 6.48. The Bertz CT molecular complexity index is 339. The molecule has 18 heavy (non-hydrogen) atoms. The van der Waals surface area contributed by atoms with Gasteiger partial charge >= 0.3 is 0 Å². The maximum absolute atomic E-state index is 5.56. The van der Waals surface area contributed by atoms with Crippen LogP contribution in [0.3, 0.4) is 0 Å². The molecule has 3 heteroatoms. The highest BCUT2D eigenvalue weighted by molar-refractivity contribution is 5.33. The molecular formula is C15H23NO2. The molecule has 0 aliphatic rings. The van der Waals surface area contributed by atoms with Gasteiger partial charge in [0.2, 0.25) is 0 Å². The van der Waals surface area contributed by atoms with E-state index in [-0.39, 0.29) is 0 Å². The van der Waals surface area contributed by atoms with E-state index in [9.17, 15) is 0 Å². The molecule has 3 nitrogen and oxygen atoms in total. The number of hydrogen-bond donors (Lipinski definition) is 1. The quantitative estimate of drug-likeness (QED) is 0.511. The van der Waals surface area contributed by atoms with E-state index in [1.807, 2.05) is 31.2 Å². The lowest BCUT2D eigenvalue weighted by Gasteiger charge is -2.10. The Morgan fingerprint density at radius 2 is 2.11 bits per heavy atom. The van der Waals surface area contributed by atoms with Crippen molar-refractivity contribution in [1.29, 1.82) is 0 Å². The smallest absolute Gasteiger partial charge is 0.123 e. The first-order valence-corrected chi connectivity index (χ1v) is 6.48. The summed E-state index contributed by atoms with van der Waals surface area (Å²) in [7, 11) is 0. The lowest BCUT2D eigenvalue weighted by atomic mass is 10.2. The van der Waals surface area contributed by atoms with Gasteiger partial charge in [-0.05, 0) is 19.4 Å². The minimum atomic E-state index is 0.696. The average molecular weight is 249 g/mol. The zero-order chi connectivity index (χ0) is 13.1. The number of hydrogen-bond acceptors (Lipinski definition) is 3. The van der Waals surface area contributed by atoms with E-state index in [1.54, 1.807) is 0 Å². The number of rotatable bonds is 10. The molecule has 0 bridgehead atoms. The third-order valence-corrected chi connectivity index (χ3v) is 2.48. The third-order valence-electron chi connectivity index (χ3n) is 2.48. The fourth-order valence-corrected chi connectivity index (χ4v) is 1.58. The predicted octanol–water partition coefficient (Wildman–Crippen LogP) is 2.77. The molecular weight excluding hydrogens is 226 g/mol. The van der Waals surface area contributed by atoms with E-state index in [0.29, 0.717) is 6.61 Å². The molecule has 0 aliphatic heterocycles. The van der Waals surface area contributed by atoms with Crippen LogP contribution < -0.4 is 10.1 Å². The van der Waals surface area contributed by atoms with Crippen LogP contribution in [0.4, 0.5) is 0 Å². The van der Waals surface area contributed by atoms with Crippen LogP contribution in [0.5, 0.6) is 5.75 Å². The van der Waals surface area contributed by atoms with Gasteiger partial charge in [-0.2, -0.15) is 0 Å². The van der Waals surface area contributed by atoms with Gasteiger partial charge in [-0.25, -0.2) is 0 Å². The molecule has 0 radical (unpaired) electrons. The standard InChI is InChI=1S/C15H23NO2/c1-3-5-11-17-12-10-16-13-14-8-6-7-9-15(14)18-4-2/h3,6-9,16H,1,4-5,10-13H2,2H3. The van der Waals surface area contributed by atoms with Crippen molar-refractivity contribution in [2.45, 2.75) is 19.9 Å². The van der Waals surface area contributed by atoms with Crippen LogP contribution >= 0.6 is 0 Å². The van der Waals surface area contributed by atoms with Crippen LogP contribution in [0.1, 0.15) is 18.9 Å². The summed E-state index contributed by atoms with van der Waals surface area (Å²) in [6.07, 6.45) is 2.78. The molecule has 0 fully saturated rings. The molecule has 1 rings (SSSR count). The van der Waals surface area contributed by atoms with Gasteiger partial charge in [0.1, 0.15) is 5.75 Å². The Morgan fingerprint density at radius 3 is 2.89 bits per heavy atom. The zero-order valence-corrected chi connectivity index (χ0v) is 11.2. The van der Waals surface area contributed by atoms with Crippen molar-refractivity contribution in [1.82, 2.24) is 5.32 Å². The fourth-order valence-electron chi connectivity index (χ4n) is 1.58. The summed E-state index contributed by atoms with van der Waals surface area (Å²) in [5.41, 5.74) is 1.19. The van der Waals surface area contributed by atoms with Crippen molar-refractivity contribution >= 4 is 0 Å². The van der Waals surface area contributed by atoms with Crippen molar-refractivity contribution in [3.05, 3.63) is 42.5 Å². The minimum absolute atomic E-state index is 0.696. The highest BCUT2D eigenvalue weighted by atomic mass is 16.5. The van der Waals surface area contributed by atoms with Crippen molar-refractivity contribution in [2.75, 3.05) is 26.4 Å². The Kier molecular flexibility index (Phi) is 7.93. The lowest BCUT2D eigenvalue weighted by molar-refractivity contribution is 0.140. The van der Waals surface area contributed by atoms with Crippen LogP contribution in [0, 0.1) is 0 Å². The van der Waals surface area contributed by atoms with E-state index in [1.165, 1.54) is 5.56 Å². The zero-order valence-electron chi connectivity index (χ0n) is 11.2. The number of benzene rings is 1.